The number of halogens is 1. The fourth-order valence-electron chi connectivity index (χ4n) is 3.85. The van der Waals surface area contributed by atoms with Gasteiger partial charge in [-0.05, 0) is 69.2 Å². The molecule has 0 amide bonds. The highest BCUT2D eigenvalue weighted by Gasteiger charge is 2.33. The highest BCUT2D eigenvalue weighted by molar-refractivity contribution is 7.80. The molecule has 3 aromatic rings. The molecule has 1 aliphatic rings. The SMILES string of the molecule is CCOCCCN1C(=S)NC(c2ccc(C)cc2)C(c2nc(-c3ccc(Cl)cc3)no2)=C1C. The molecule has 6 nitrogen and oxygen atoms in total. The van der Waals surface area contributed by atoms with Gasteiger partial charge in [-0.15, -0.1) is 0 Å². The van der Waals surface area contributed by atoms with Crippen LogP contribution in [0.15, 0.2) is 58.8 Å². The lowest BCUT2D eigenvalue weighted by atomic mass is 9.94. The van der Waals surface area contributed by atoms with E-state index in [1.807, 2.05) is 31.2 Å². The van der Waals surface area contributed by atoms with Crippen LogP contribution in [0.25, 0.3) is 17.0 Å². The number of hydrogen-bond acceptors (Lipinski definition) is 5. The predicted molar refractivity (Wildman–Crippen MR) is 135 cm³/mol. The highest BCUT2D eigenvalue weighted by atomic mass is 35.5. The first-order chi connectivity index (χ1) is 16.0. The van der Waals surface area contributed by atoms with Crippen molar-refractivity contribution in [1.82, 2.24) is 20.4 Å². The summed E-state index contributed by atoms with van der Waals surface area (Å²) in [5, 5.41) is 9.07. The van der Waals surface area contributed by atoms with Gasteiger partial charge in [0.25, 0.3) is 5.89 Å². The summed E-state index contributed by atoms with van der Waals surface area (Å²) < 4.78 is 11.3. The zero-order valence-corrected chi connectivity index (χ0v) is 20.5. The Labute approximate surface area is 204 Å². The Morgan fingerprint density at radius 2 is 1.85 bits per heavy atom. The molecule has 1 N–H and O–H groups in total. The number of aromatic nitrogens is 2. The van der Waals surface area contributed by atoms with E-state index in [0.29, 0.717) is 35.1 Å². The minimum absolute atomic E-state index is 0.195. The van der Waals surface area contributed by atoms with E-state index in [2.05, 4.69) is 53.5 Å². The first kappa shape index (κ1) is 23.4. The van der Waals surface area contributed by atoms with E-state index in [1.165, 1.54) is 5.56 Å². The highest BCUT2D eigenvalue weighted by Crippen LogP contribution is 2.37. The average molecular weight is 483 g/mol. The molecule has 8 heteroatoms. The van der Waals surface area contributed by atoms with Gasteiger partial charge < -0.3 is 19.5 Å². The molecule has 2 aromatic carbocycles. The smallest absolute Gasteiger partial charge is 0.258 e. The quantitative estimate of drug-likeness (QED) is 0.322. The summed E-state index contributed by atoms with van der Waals surface area (Å²) >= 11 is 11.8. The number of benzene rings is 2. The first-order valence-corrected chi connectivity index (χ1v) is 11.8. The maximum Gasteiger partial charge on any atom is 0.258 e. The molecule has 1 aromatic heterocycles. The minimum Gasteiger partial charge on any atom is -0.382 e. The van der Waals surface area contributed by atoms with E-state index in [0.717, 1.165) is 35.4 Å². The van der Waals surface area contributed by atoms with Crippen molar-refractivity contribution in [1.29, 1.82) is 0 Å². The molecule has 1 atom stereocenters. The molecule has 2 heterocycles. The van der Waals surface area contributed by atoms with Gasteiger partial charge in [0.1, 0.15) is 0 Å². The molecule has 172 valence electrons. The minimum atomic E-state index is -0.195. The predicted octanol–water partition coefficient (Wildman–Crippen LogP) is 5.79. The Morgan fingerprint density at radius 3 is 2.55 bits per heavy atom. The Hall–Kier alpha value is -2.74. The molecular weight excluding hydrogens is 456 g/mol. The molecule has 0 saturated carbocycles. The van der Waals surface area contributed by atoms with Gasteiger partial charge >= 0.3 is 0 Å². The van der Waals surface area contributed by atoms with Crippen molar-refractivity contribution < 1.29 is 9.26 Å². The van der Waals surface area contributed by atoms with Crippen LogP contribution in [0, 0.1) is 6.92 Å². The summed E-state index contributed by atoms with van der Waals surface area (Å²) in [5.74, 6) is 0.980. The zero-order chi connectivity index (χ0) is 23.4. The van der Waals surface area contributed by atoms with Gasteiger partial charge in [-0.1, -0.05) is 46.6 Å². The molecule has 0 radical (unpaired) electrons. The second-order valence-corrected chi connectivity index (χ2v) is 8.75. The van der Waals surface area contributed by atoms with Crippen molar-refractivity contribution in [3.8, 4) is 11.4 Å². The van der Waals surface area contributed by atoms with Crippen molar-refractivity contribution in [2.75, 3.05) is 19.8 Å². The third kappa shape index (κ3) is 5.27. The molecule has 0 bridgehead atoms. The number of ether oxygens (including phenoxy) is 1. The third-order valence-electron chi connectivity index (χ3n) is 5.64. The van der Waals surface area contributed by atoms with E-state index >= 15 is 0 Å². The van der Waals surface area contributed by atoms with Crippen molar-refractivity contribution in [3.63, 3.8) is 0 Å². The molecule has 33 heavy (non-hydrogen) atoms. The molecule has 0 spiro atoms. The van der Waals surface area contributed by atoms with Crippen LogP contribution in [0.3, 0.4) is 0 Å². The number of allylic oxidation sites excluding steroid dienone is 1. The van der Waals surface area contributed by atoms with Crippen LogP contribution in [-0.4, -0.2) is 39.9 Å². The van der Waals surface area contributed by atoms with Crippen LogP contribution in [0.5, 0.6) is 0 Å². The average Bonchev–Trinajstić information content (AvgIpc) is 3.29. The van der Waals surface area contributed by atoms with Crippen molar-refractivity contribution in [3.05, 3.63) is 76.3 Å². The van der Waals surface area contributed by atoms with E-state index in [-0.39, 0.29) is 6.04 Å². The summed E-state index contributed by atoms with van der Waals surface area (Å²) in [5.41, 5.74) is 5.02. The van der Waals surface area contributed by atoms with Crippen LogP contribution in [0.1, 0.15) is 43.3 Å². The van der Waals surface area contributed by atoms with Crippen molar-refractivity contribution in [2.45, 2.75) is 33.2 Å². The number of hydrogen-bond donors (Lipinski definition) is 1. The van der Waals surface area contributed by atoms with E-state index in [4.69, 9.17) is 38.1 Å². The van der Waals surface area contributed by atoms with Crippen LogP contribution in [0.2, 0.25) is 5.02 Å². The molecule has 1 unspecified atom stereocenters. The number of thiocarbonyl (C=S) groups is 1. The van der Waals surface area contributed by atoms with Gasteiger partial charge in [0.15, 0.2) is 5.11 Å². The second kappa shape index (κ2) is 10.5. The number of rotatable bonds is 8. The monoisotopic (exact) mass is 482 g/mol. The number of nitrogens with zero attached hydrogens (tertiary/aromatic N) is 3. The lowest BCUT2D eigenvalue weighted by Gasteiger charge is -2.37. The molecule has 0 saturated heterocycles. The van der Waals surface area contributed by atoms with Gasteiger partial charge in [-0.25, -0.2) is 0 Å². The third-order valence-corrected chi connectivity index (χ3v) is 6.23. The van der Waals surface area contributed by atoms with Crippen LogP contribution >= 0.6 is 23.8 Å². The van der Waals surface area contributed by atoms with E-state index in [1.54, 1.807) is 0 Å². The van der Waals surface area contributed by atoms with E-state index < -0.39 is 0 Å². The lowest BCUT2D eigenvalue weighted by molar-refractivity contribution is 0.141. The summed E-state index contributed by atoms with van der Waals surface area (Å²) in [6, 6.07) is 15.6. The van der Waals surface area contributed by atoms with Gasteiger partial charge in [0, 0.05) is 36.0 Å². The summed E-state index contributed by atoms with van der Waals surface area (Å²) in [6.07, 6.45) is 0.856. The Balaban J connectivity index is 1.73. The van der Waals surface area contributed by atoms with Crippen LogP contribution < -0.4 is 5.32 Å². The molecule has 4 rings (SSSR count). The zero-order valence-electron chi connectivity index (χ0n) is 19.0. The van der Waals surface area contributed by atoms with E-state index in [9.17, 15) is 0 Å². The number of aryl methyl sites for hydroxylation is 1. The molecule has 0 aliphatic carbocycles. The van der Waals surface area contributed by atoms with Crippen molar-refractivity contribution >= 4 is 34.5 Å². The Morgan fingerprint density at radius 1 is 1.12 bits per heavy atom. The van der Waals surface area contributed by atoms with Crippen LogP contribution in [-0.2, 0) is 4.74 Å². The van der Waals surface area contributed by atoms with Gasteiger partial charge in [-0.3, -0.25) is 0 Å². The maximum absolute atomic E-state index is 6.03. The number of nitrogens with one attached hydrogen (secondary N) is 1. The fraction of sp³-hybridized carbons (Fsp3) is 0.320. The second-order valence-electron chi connectivity index (χ2n) is 7.92. The first-order valence-electron chi connectivity index (χ1n) is 11.0. The van der Waals surface area contributed by atoms with Gasteiger partial charge in [0.05, 0.1) is 11.6 Å². The standard InChI is InChI=1S/C25H27ClN4O2S/c1-4-31-15-5-14-30-17(3)21(22(27-25(30)33)18-8-6-16(2)7-9-18)24-28-23(29-32-24)19-10-12-20(26)13-11-19/h6-13,22H,4-5,14-15H2,1-3H3,(H,27,33). The topological polar surface area (TPSA) is 63.4 Å². The maximum atomic E-state index is 6.03. The summed E-state index contributed by atoms with van der Waals surface area (Å²) in [7, 11) is 0. The molecule has 0 fully saturated rings. The summed E-state index contributed by atoms with van der Waals surface area (Å²) in [4.78, 5) is 6.82. The Bertz CT molecular complexity index is 1140. The largest absolute Gasteiger partial charge is 0.382 e. The normalized spacial score (nSPS) is 16.3. The lowest BCUT2D eigenvalue weighted by Crippen LogP contribution is -2.46. The molecule has 1 aliphatic heterocycles. The summed E-state index contributed by atoms with van der Waals surface area (Å²) in [6.45, 7) is 8.24. The Kier molecular flexibility index (Phi) is 7.42. The van der Waals surface area contributed by atoms with Gasteiger partial charge in [-0.2, -0.15) is 4.98 Å². The van der Waals surface area contributed by atoms with Crippen molar-refractivity contribution in [2.24, 2.45) is 0 Å². The van der Waals surface area contributed by atoms with Gasteiger partial charge in [0.2, 0.25) is 5.82 Å². The fourth-order valence-corrected chi connectivity index (χ4v) is 4.33. The van der Waals surface area contributed by atoms with Crippen LogP contribution in [0.4, 0.5) is 0 Å². The molecular formula is C25H27ClN4O2S.